The summed E-state index contributed by atoms with van der Waals surface area (Å²) in [6, 6.07) is 18.7. The van der Waals surface area contributed by atoms with E-state index in [1.54, 1.807) is 6.20 Å². The summed E-state index contributed by atoms with van der Waals surface area (Å²) >= 11 is 0. The molecule has 0 aliphatic rings. The smallest absolute Gasteiger partial charge is 0.244 e. The van der Waals surface area contributed by atoms with E-state index >= 15 is 0 Å². The zero-order valence-corrected chi connectivity index (χ0v) is 15.5. The summed E-state index contributed by atoms with van der Waals surface area (Å²) in [4.78, 5) is 4.47. The van der Waals surface area contributed by atoms with E-state index in [0.717, 1.165) is 18.7 Å². The van der Waals surface area contributed by atoms with Gasteiger partial charge in [0.05, 0.1) is 6.20 Å². The normalized spacial score (nSPS) is 11.2. The van der Waals surface area contributed by atoms with Crippen molar-refractivity contribution in [3.05, 3.63) is 71.9 Å². The van der Waals surface area contributed by atoms with Crippen LogP contribution in [0.3, 0.4) is 0 Å². The minimum atomic E-state index is 0.144. The fraction of sp³-hybridized carbons (Fsp3) is 0.286. The molecule has 0 amide bonds. The Kier molecular flexibility index (Phi) is 5.46. The number of anilines is 3. The fourth-order valence-electron chi connectivity index (χ4n) is 2.60. The molecule has 0 saturated heterocycles. The van der Waals surface area contributed by atoms with E-state index in [4.69, 9.17) is 0 Å². The molecule has 2 aromatic carbocycles. The quantitative estimate of drug-likeness (QED) is 0.684. The number of rotatable bonds is 6. The molecule has 1 heterocycles. The first-order chi connectivity index (χ1) is 12.5. The number of hydrogen-bond donors (Lipinski definition) is 2. The Morgan fingerprint density at radius 3 is 2.35 bits per heavy atom. The highest BCUT2D eigenvalue weighted by atomic mass is 15.3. The van der Waals surface area contributed by atoms with Crippen molar-refractivity contribution in [2.75, 3.05) is 17.2 Å². The summed E-state index contributed by atoms with van der Waals surface area (Å²) < 4.78 is 0. The van der Waals surface area contributed by atoms with Gasteiger partial charge < -0.3 is 10.6 Å². The van der Waals surface area contributed by atoms with Crippen molar-refractivity contribution < 1.29 is 0 Å². The van der Waals surface area contributed by atoms with E-state index in [9.17, 15) is 0 Å². The van der Waals surface area contributed by atoms with Crippen LogP contribution in [0.2, 0.25) is 0 Å². The molecular formula is C21H25N5. The first kappa shape index (κ1) is 17.9. The molecule has 5 nitrogen and oxygen atoms in total. The standard InChI is InChI=1S/C21H25N5/c1-21(2,3)17-9-11-18(12-10-17)24-19-15-23-26-20(25-19)22-14-13-16-7-5-4-6-8-16/h4-12,15H,13-14H2,1-3H3,(H2,22,24,25,26). The first-order valence-electron chi connectivity index (χ1n) is 8.86. The van der Waals surface area contributed by atoms with Crippen LogP contribution in [0.25, 0.3) is 0 Å². The summed E-state index contributed by atoms with van der Waals surface area (Å²) in [6.07, 6.45) is 2.54. The van der Waals surface area contributed by atoms with Crippen LogP contribution in [0.15, 0.2) is 60.8 Å². The molecule has 0 bridgehead atoms. The number of benzene rings is 2. The molecule has 2 N–H and O–H groups in total. The van der Waals surface area contributed by atoms with Crippen molar-refractivity contribution in [1.82, 2.24) is 15.2 Å². The molecule has 3 rings (SSSR count). The average molecular weight is 347 g/mol. The number of nitrogens with zero attached hydrogens (tertiary/aromatic N) is 3. The van der Waals surface area contributed by atoms with E-state index in [2.05, 4.69) is 83.0 Å². The second-order valence-corrected chi connectivity index (χ2v) is 7.28. The highest BCUT2D eigenvalue weighted by Crippen LogP contribution is 2.24. The minimum Gasteiger partial charge on any atom is -0.353 e. The van der Waals surface area contributed by atoms with Crippen LogP contribution in [0.5, 0.6) is 0 Å². The maximum absolute atomic E-state index is 4.47. The lowest BCUT2D eigenvalue weighted by molar-refractivity contribution is 0.590. The summed E-state index contributed by atoms with van der Waals surface area (Å²) in [6.45, 7) is 7.38. The van der Waals surface area contributed by atoms with Gasteiger partial charge in [0.2, 0.25) is 5.95 Å². The molecule has 1 aromatic heterocycles. The molecule has 26 heavy (non-hydrogen) atoms. The maximum Gasteiger partial charge on any atom is 0.244 e. The Bertz CT molecular complexity index is 823. The zero-order valence-electron chi connectivity index (χ0n) is 15.5. The largest absolute Gasteiger partial charge is 0.353 e. The van der Waals surface area contributed by atoms with Gasteiger partial charge in [0.1, 0.15) is 0 Å². The monoisotopic (exact) mass is 347 g/mol. The van der Waals surface area contributed by atoms with E-state index < -0.39 is 0 Å². The highest BCUT2D eigenvalue weighted by Gasteiger charge is 2.12. The SMILES string of the molecule is CC(C)(C)c1ccc(Nc2cnnc(NCCc3ccccc3)n2)cc1. The van der Waals surface area contributed by atoms with Gasteiger partial charge in [-0.2, -0.15) is 10.1 Å². The van der Waals surface area contributed by atoms with E-state index in [1.807, 2.05) is 18.2 Å². The molecular weight excluding hydrogens is 322 g/mol. The Hall–Kier alpha value is -2.95. The van der Waals surface area contributed by atoms with Crippen LogP contribution in [0.1, 0.15) is 31.9 Å². The molecule has 0 aliphatic carbocycles. The van der Waals surface area contributed by atoms with Crippen LogP contribution in [-0.2, 0) is 11.8 Å². The van der Waals surface area contributed by atoms with Crippen molar-refractivity contribution in [3.63, 3.8) is 0 Å². The summed E-state index contributed by atoms with van der Waals surface area (Å²) in [5, 5.41) is 14.6. The van der Waals surface area contributed by atoms with Gasteiger partial charge in [-0.1, -0.05) is 63.2 Å². The third-order valence-electron chi connectivity index (χ3n) is 4.12. The van der Waals surface area contributed by atoms with Crippen LogP contribution >= 0.6 is 0 Å². The van der Waals surface area contributed by atoms with E-state index in [0.29, 0.717) is 11.8 Å². The van der Waals surface area contributed by atoms with E-state index in [1.165, 1.54) is 11.1 Å². The second kappa shape index (κ2) is 7.95. The van der Waals surface area contributed by atoms with Crippen LogP contribution in [-0.4, -0.2) is 21.7 Å². The predicted octanol–water partition coefficient (Wildman–Crippen LogP) is 4.57. The summed E-state index contributed by atoms with van der Waals surface area (Å²) in [5.74, 6) is 1.20. The van der Waals surface area contributed by atoms with Gasteiger partial charge in [0, 0.05) is 12.2 Å². The van der Waals surface area contributed by atoms with Gasteiger partial charge in [0.25, 0.3) is 0 Å². The fourth-order valence-corrected chi connectivity index (χ4v) is 2.60. The van der Waals surface area contributed by atoms with E-state index in [-0.39, 0.29) is 5.41 Å². The Labute approximate surface area is 154 Å². The lowest BCUT2D eigenvalue weighted by Crippen LogP contribution is -2.11. The van der Waals surface area contributed by atoms with Crippen LogP contribution in [0.4, 0.5) is 17.5 Å². The van der Waals surface area contributed by atoms with Crippen molar-refractivity contribution in [3.8, 4) is 0 Å². The molecule has 0 aliphatic heterocycles. The van der Waals surface area contributed by atoms with Gasteiger partial charge in [-0.25, -0.2) is 0 Å². The summed E-state index contributed by atoms with van der Waals surface area (Å²) in [5.41, 5.74) is 3.70. The lowest BCUT2D eigenvalue weighted by Gasteiger charge is -2.19. The molecule has 0 spiro atoms. The Balaban J connectivity index is 1.58. The third kappa shape index (κ3) is 5.02. The van der Waals surface area contributed by atoms with Crippen LogP contribution in [0, 0.1) is 0 Å². The second-order valence-electron chi connectivity index (χ2n) is 7.28. The average Bonchev–Trinajstić information content (AvgIpc) is 2.63. The first-order valence-corrected chi connectivity index (χ1v) is 8.86. The van der Waals surface area contributed by atoms with Gasteiger partial charge >= 0.3 is 0 Å². The molecule has 0 atom stereocenters. The molecule has 0 fully saturated rings. The highest BCUT2D eigenvalue weighted by molar-refractivity contribution is 5.56. The topological polar surface area (TPSA) is 62.7 Å². The maximum atomic E-state index is 4.47. The van der Waals surface area contributed by atoms with Crippen molar-refractivity contribution in [2.24, 2.45) is 0 Å². The number of nitrogens with one attached hydrogen (secondary N) is 2. The zero-order chi connectivity index (χ0) is 18.4. The predicted molar refractivity (Wildman–Crippen MR) is 107 cm³/mol. The third-order valence-corrected chi connectivity index (χ3v) is 4.12. The molecule has 0 unspecified atom stereocenters. The molecule has 0 radical (unpaired) electrons. The molecule has 134 valence electrons. The van der Waals surface area contributed by atoms with Crippen molar-refractivity contribution in [2.45, 2.75) is 32.6 Å². The summed E-state index contributed by atoms with van der Waals surface area (Å²) in [7, 11) is 0. The van der Waals surface area contributed by atoms with Crippen molar-refractivity contribution in [1.29, 1.82) is 0 Å². The number of hydrogen-bond acceptors (Lipinski definition) is 5. The Morgan fingerprint density at radius 1 is 0.923 bits per heavy atom. The Morgan fingerprint density at radius 2 is 1.65 bits per heavy atom. The molecule has 3 aromatic rings. The number of aromatic nitrogens is 3. The van der Waals surface area contributed by atoms with Gasteiger partial charge in [-0.15, -0.1) is 5.10 Å². The van der Waals surface area contributed by atoms with Gasteiger partial charge in [0.15, 0.2) is 5.82 Å². The lowest BCUT2D eigenvalue weighted by atomic mass is 9.87. The van der Waals surface area contributed by atoms with Gasteiger partial charge in [-0.05, 0) is 35.1 Å². The van der Waals surface area contributed by atoms with Crippen molar-refractivity contribution >= 4 is 17.5 Å². The minimum absolute atomic E-state index is 0.144. The van der Waals surface area contributed by atoms with Gasteiger partial charge in [-0.3, -0.25) is 0 Å². The molecule has 5 heteroatoms. The van der Waals surface area contributed by atoms with Crippen LogP contribution < -0.4 is 10.6 Å². The molecule has 0 saturated carbocycles.